The maximum absolute atomic E-state index is 13.1. The number of aromatic hydroxyl groups is 1. The summed E-state index contributed by atoms with van der Waals surface area (Å²) in [5.74, 6) is -0.786. The Bertz CT molecular complexity index is 742. The molecule has 25 heavy (non-hydrogen) atoms. The number of hydrogen-bond acceptors (Lipinski definition) is 4. The van der Waals surface area contributed by atoms with Gasteiger partial charge >= 0.3 is 0 Å². The summed E-state index contributed by atoms with van der Waals surface area (Å²) in [5.41, 5.74) is 1.07. The first-order valence-corrected chi connectivity index (χ1v) is 7.78. The third kappa shape index (κ3) is 4.64. The van der Waals surface area contributed by atoms with Gasteiger partial charge in [-0.3, -0.25) is 14.5 Å². The number of benzene rings is 2. The third-order valence-electron chi connectivity index (χ3n) is 3.88. The van der Waals surface area contributed by atoms with E-state index in [4.69, 9.17) is 0 Å². The normalized spacial score (nSPS) is 12.0. The number of carbonyl (C=O) groups excluding carboxylic acids is 2. The van der Waals surface area contributed by atoms with Crippen molar-refractivity contribution in [2.75, 3.05) is 27.7 Å². The molecule has 2 rings (SSSR count). The lowest BCUT2D eigenvalue weighted by Gasteiger charge is -2.28. The molecular weight excluding hydrogens is 323 g/mol. The topological polar surface area (TPSA) is 60.9 Å². The van der Waals surface area contributed by atoms with Gasteiger partial charge in [-0.1, -0.05) is 12.1 Å². The van der Waals surface area contributed by atoms with Gasteiger partial charge in [0.25, 0.3) is 0 Å². The summed E-state index contributed by atoms with van der Waals surface area (Å²) in [6.45, 7) is -0.0882. The zero-order valence-corrected chi connectivity index (χ0v) is 14.4. The number of amides is 1. The van der Waals surface area contributed by atoms with Crippen molar-refractivity contribution in [1.29, 1.82) is 0 Å². The van der Waals surface area contributed by atoms with Crippen molar-refractivity contribution in [3.63, 3.8) is 0 Å². The quantitative estimate of drug-likeness (QED) is 0.818. The number of carbonyl (C=O) groups is 2. The first kappa shape index (κ1) is 18.6. The summed E-state index contributed by atoms with van der Waals surface area (Å²) >= 11 is 0. The molecule has 1 N–H and O–H groups in total. The van der Waals surface area contributed by atoms with Crippen molar-refractivity contribution in [2.45, 2.75) is 6.04 Å². The van der Waals surface area contributed by atoms with Gasteiger partial charge in [0, 0.05) is 12.6 Å². The van der Waals surface area contributed by atoms with Crippen LogP contribution in [0.5, 0.6) is 5.75 Å². The molecule has 0 saturated carbocycles. The fourth-order valence-electron chi connectivity index (χ4n) is 2.55. The maximum Gasteiger partial charge on any atom is 0.244 e. The minimum Gasteiger partial charge on any atom is -0.508 e. The summed E-state index contributed by atoms with van der Waals surface area (Å²) in [6.07, 6.45) is 0. The van der Waals surface area contributed by atoms with Crippen LogP contribution in [0, 0.1) is 5.82 Å². The summed E-state index contributed by atoms with van der Waals surface area (Å²) < 4.78 is 13.1. The smallest absolute Gasteiger partial charge is 0.244 e. The molecule has 2 aromatic carbocycles. The average Bonchev–Trinajstić information content (AvgIpc) is 2.57. The molecule has 1 amide bonds. The number of phenols is 1. The van der Waals surface area contributed by atoms with E-state index in [0.717, 1.165) is 0 Å². The molecule has 5 nitrogen and oxygen atoms in total. The molecule has 1 atom stereocenters. The maximum atomic E-state index is 13.1. The van der Waals surface area contributed by atoms with E-state index in [2.05, 4.69) is 0 Å². The van der Waals surface area contributed by atoms with Gasteiger partial charge in [-0.15, -0.1) is 0 Å². The average molecular weight is 344 g/mol. The van der Waals surface area contributed by atoms with Gasteiger partial charge in [-0.05, 0) is 56.1 Å². The summed E-state index contributed by atoms with van der Waals surface area (Å²) in [5, 5.41) is 9.28. The van der Waals surface area contributed by atoms with Crippen molar-refractivity contribution in [3.8, 4) is 5.75 Å². The van der Waals surface area contributed by atoms with E-state index in [-0.39, 0.29) is 29.8 Å². The number of ketones is 1. The van der Waals surface area contributed by atoms with Crippen LogP contribution < -0.4 is 0 Å². The standard InChI is InChI=1S/C19H21FN2O3/c1-21(2)18(14-4-8-15(20)9-5-14)19(25)22(3)12-17(24)13-6-10-16(23)11-7-13/h4-11,18,23H,12H2,1-3H3/t18-/m0/s1. The number of nitrogens with zero attached hydrogens (tertiary/aromatic N) is 2. The summed E-state index contributed by atoms with van der Waals surface area (Å²) in [6, 6.07) is 11.0. The number of Topliss-reactive ketones (excluding diaryl/α,β-unsaturated/α-hetero) is 1. The molecule has 0 aliphatic heterocycles. The van der Waals surface area contributed by atoms with Crippen LogP contribution in [0.1, 0.15) is 22.0 Å². The molecule has 0 fully saturated rings. The number of likely N-dealkylation sites (N-methyl/N-ethyl adjacent to an activating group) is 2. The third-order valence-corrected chi connectivity index (χ3v) is 3.88. The highest BCUT2D eigenvalue weighted by molar-refractivity contribution is 5.99. The Hall–Kier alpha value is -2.73. The first-order chi connectivity index (χ1) is 11.8. The van der Waals surface area contributed by atoms with Gasteiger partial charge in [0.05, 0.1) is 6.54 Å². The second-order valence-corrected chi connectivity index (χ2v) is 6.08. The first-order valence-electron chi connectivity index (χ1n) is 7.78. The monoisotopic (exact) mass is 344 g/mol. The minimum absolute atomic E-state index is 0.0740. The predicted octanol–water partition coefficient (Wildman–Crippen LogP) is 2.48. The Balaban J connectivity index is 2.14. The lowest BCUT2D eigenvalue weighted by molar-refractivity contribution is -0.134. The van der Waals surface area contributed by atoms with Gasteiger partial charge in [0.1, 0.15) is 17.6 Å². The van der Waals surface area contributed by atoms with Gasteiger partial charge in [0.15, 0.2) is 5.78 Å². The zero-order chi connectivity index (χ0) is 18.6. The summed E-state index contributed by atoms with van der Waals surface area (Å²) in [7, 11) is 5.06. The lowest BCUT2D eigenvalue weighted by atomic mass is 10.0. The molecule has 0 aliphatic rings. The summed E-state index contributed by atoms with van der Waals surface area (Å²) in [4.78, 5) is 28.2. The Morgan fingerprint density at radius 1 is 1.00 bits per heavy atom. The van der Waals surface area contributed by atoms with Gasteiger partial charge < -0.3 is 10.0 Å². The van der Waals surface area contributed by atoms with Crippen LogP contribution >= 0.6 is 0 Å². The van der Waals surface area contributed by atoms with Crippen LogP contribution in [0.3, 0.4) is 0 Å². The van der Waals surface area contributed by atoms with E-state index in [9.17, 15) is 19.1 Å². The fraction of sp³-hybridized carbons (Fsp3) is 0.263. The SMILES string of the molecule is CN(CC(=O)c1ccc(O)cc1)C(=O)[C@H](c1ccc(F)cc1)N(C)C. The van der Waals surface area contributed by atoms with Gasteiger partial charge in [0.2, 0.25) is 5.91 Å². The van der Waals surface area contributed by atoms with E-state index in [1.54, 1.807) is 38.2 Å². The molecular formula is C19H21FN2O3. The largest absolute Gasteiger partial charge is 0.508 e. The Labute approximate surface area is 146 Å². The number of hydrogen-bond donors (Lipinski definition) is 1. The molecule has 0 bridgehead atoms. The zero-order valence-electron chi connectivity index (χ0n) is 14.4. The molecule has 0 radical (unpaired) electrons. The number of phenolic OH excluding ortho intramolecular Hbond substituents is 1. The van der Waals surface area contributed by atoms with Crippen molar-refractivity contribution in [2.24, 2.45) is 0 Å². The highest BCUT2D eigenvalue weighted by Crippen LogP contribution is 2.21. The van der Waals surface area contributed by atoms with Crippen LogP contribution in [0.2, 0.25) is 0 Å². The van der Waals surface area contributed by atoms with Crippen LogP contribution in [0.25, 0.3) is 0 Å². The molecule has 0 unspecified atom stereocenters. The molecule has 0 heterocycles. The lowest BCUT2D eigenvalue weighted by Crippen LogP contribution is -2.40. The van der Waals surface area contributed by atoms with Crippen molar-refractivity contribution in [1.82, 2.24) is 9.80 Å². The molecule has 0 saturated heterocycles. The molecule has 132 valence electrons. The molecule has 0 aliphatic carbocycles. The highest BCUT2D eigenvalue weighted by atomic mass is 19.1. The van der Waals surface area contributed by atoms with E-state index >= 15 is 0 Å². The second-order valence-electron chi connectivity index (χ2n) is 6.08. The molecule has 0 aromatic heterocycles. The van der Waals surface area contributed by atoms with Crippen LogP contribution in [-0.4, -0.2) is 54.3 Å². The van der Waals surface area contributed by atoms with E-state index in [1.165, 1.54) is 41.3 Å². The van der Waals surface area contributed by atoms with Crippen LogP contribution in [0.15, 0.2) is 48.5 Å². The Morgan fingerprint density at radius 3 is 2.08 bits per heavy atom. The highest BCUT2D eigenvalue weighted by Gasteiger charge is 2.27. The molecule has 6 heteroatoms. The van der Waals surface area contributed by atoms with E-state index in [1.807, 2.05) is 0 Å². The number of halogens is 1. The minimum atomic E-state index is -0.613. The van der Waals surface area contributed by atoms with Gasteiger partial charge in [-0.2, -0.15) is 0 Å². The van der Waals surface area contributed by atoms with E-state index < -0.39 is 6.04 Å². The number of rotatable bonds is 6. The second kappa shape index (κ2) is 7.90. The van der Waals surface area contributed by atoms with E-state index in [0.29, 0.717) is 11.1 Å². The molecule has 2 aromatic rings. The molecule has 0 spiro atoms. The predicted molar refractivity (Wildman–Crippen MR) is 92.9 cm³/mol. The van der Waals surface area contributed by atoms with Crippen molar-refractivity contribution in [3.05, 3.63) is 65.5 Å². The van der Waals surface area contributed by atoms with Crippen molar-refractivity contribution < 1.29 is 19.1 Å². The fourth-order valence-corrected chi connectivity index (χ4v) is 2.55. The van der Waals surface area contributed by atoms with Crippen molar-refractivity contribution >= 4 is 11.7 Å². The Kier molecular flexibility index (Phi) is 5.88. The van der Waals surface area contributed by atoms with Crippen LogP contribution in [0.4, 0.5) is 4.39 Å². The Morgan fingerprint density at radius 2 is 1.56 bits per heavy atom. The van der Waals surface area contributed by atoms with Crippen LogP contribution in [-0.2, 0) is 4.79 Å². The van der Waals surface area contributed by atoms with Gasteiger partial charge in [-0.25, -0.2) is 4.39 Å².